The van der Waals surface area contributed by atoms with Gasteiger partial charge in [-0.1, -0.05) is 79.8 Å². The van der Waals surface area contributed by atoms with E-state index in [1.54, 1.807) is 7.11 Å². The van der Waals surface area contributed by atoms with Crippen molar-refractivity contribution >= 4 is 5.97 Å². The Morgan fingerprint density at radius 1 is 0.778 bits per heavy atom. The highest BCUT2D eigenvalue weighted by Crippen LogP contribution is 2.04. The van der Waals surface area contributed by atoms with Gasteiger partial charge in [0.05, 0.1) is 13.2 Å². The minimum atomic E-state index is -0.208. The molecule has 0 N–H and O–H groups in total. The molecule has 0 aromatic rings. The molecular weight excluding hydrogens is 336 g/mol. The summed E-state index contributed by atoms with van der Waals surface area (Å²) in [6, 6.07) is 0. The summed E-state index contributed by atoms with van der Waals surface area (Å²) in [5.41, 5.74) is 0. The highest BCUT2D eigenvalue weighted by Gasteiger charge is 2.06. The number of carbonyl (C=O) groups excluding carboxylic acids is 1. The van der Waals surface area contributed by atoms with E-state index in [1.165, 1.54) is 7.11 Å². The molecule has 1 atom stereocenters. The van der Waals surface area contributed by atoms with Gasteiger partial charge in [0.15, 0.2) is 0 Å². The van der Waals surface area contributed by atoms with Gasteiger partial charge in [0.1, 0.15) is 0 Å². The fraction of sp³-hybridized carbons (Fsp3) is 0.458. The number of allylic oxidation sites excluding steroid dienone is 11. The van der Waals surface area contributed by atoms with Gasteiger partial charge in [-0.3, -0.25) is 4.79 Å². The summed E-state index contributed by atoms with van der Waals surface area (Å²) in [7, 11) is 3.04. The van der Waals surface area contributed by atoms with E-state index in [-0.39, 0.29) is 12.1 Å². The summed E-state index contributed by atoms with van der Waals surface area (Å²) in [6.07, 6.45) is 31.5. The van der Waals surface area contributed by atoms with Crippen LogP contribution in [0.1, 0.15) is 51.9 Å². The Hall–Kier alpha value is -2.13. The predicted molar refractivity (Wildman–Crippen MR) is 116 cm³/mol. The summed E-state index contributed by atoms with van der Waals surface area (Å²) in [5.74, 6) is -0.208. The maximum Gasteiger partial charge on any atom is 0.305 e. The van der Waals surface area contributed by atoms with Crippen molar-refractivity contribution in [2.75, 3.05) is 14.2 Å². The molecule has 27 heavy (non-hydrogen) atoms. The molecule has 0 aromatic heterocycles. The summed E-state index contributed by atoms with van der Waals surface area (Å²) in [6.45, 7) is 2.15. The quantitative estimate of drug-likeness (QED) is 0.193. The van der Waals surface area contributed by atoms with Crippen LogP contribution in [0.15, 0.2) is 72.9 Å². The molecule has 0 aliphatic rings. The first-order valence-corrected chi connectivity index (χ1v) is 9.77. The molecule has 0 aliphatic carbocycles. The topological polar surface area (TPSA) is 35.5 Å². The molecule has 1 unspecified atom stereocenters. The van der Waals surface area contributed by atoms with E-state index < -0.39 is 0 Å². The molecule has 0 amide bonds. The molecular formula is C24H36O3. The fourth-order valence-corrected chi connectivity index (χ4v) is 2.15. The van der Waals surface area contributed by atoms with Crippen LogP contribution in [0, 0.1) is 0 Å². The zero-order valence-electron chi connectivity index (χ0n) is 17.2. The Balaban J connectivity index is 3.80. The summed E-state index contributed by atoms with van der Waals surface area (Å²) < 4.78 is 9.94. The molecule has 0 spiro atoms. The summed E-state index contributed by atoms with van der Waals surface area (Å²) in [5, 5.41) is 0. The second-order valence-corrected chi connectivity index (χ2v) is 5.94. The second-order valence-electron chi connectivity index (χ2n) is 5.94. The van der Waals surface area contributed by atoms with Gasteiger partial charge in [0.25, 0.3) is 0 Å². The van der Waals surface area contributed by atoms with Gasteiger partial charge in [-0.2, -0.15) is 0 Å². The van der Waals surface area contributed by atoms with Crippen molar-refractivity contribution in [3.63, 3.8) is 0 Å². The lowest BCUT2D eigenvalue weighted by atomic mass is 10.2. The Kier molecular flexibility index (Phi) is 18.6. The summed E-state index contributed by atoms with van der Waals surface area (Å²) in [4.78, 5) is 11.1. The first-order valence-electron chi connectivity index (χ1n) is 9.77. The molecule has 0 saturated heterocycles. The van der Waals surface area contributed by atoms with E-state index in [4.69, 9.17) is 4.74 Å². The smallest absolute Gasteiger partial charge is 0.305 e. The molecule has 0 aromatic carbocycles. The van der Waals surface area contributed by atoms with E-state index in [2.05, 4.69) is 66.3 Å². The molecule has 0 aliphatic heterocycles. The van der Waals surface area contributed by atoms with Crippen LogP contribution in [0.2, 0.25) is 0 Å². The molecule has 0 fully saturated rings. The standard InChI is InChI=1S/C24H36O3/c1-4-5-6-7-8-9-10-11-12-13-14-15-16-17-18-19-20-23(26-2)21-22-24(25)27-3/h5-6,8-9,11-12,14-15,17-20,23H,4,7,10,13,16,21-22H2,1-3H3/b6-5-,9-8-,12-11-,15-14-,18-17-,20-19+. The van der Waals surface area contributed by atoms with Gasteiger partial charge in [-0.05, 0) is 38.5 Å². The summed E-state index contributed by atoms with van der Waals surface area (Å²) >= 11 is 0. The third-order valence-electron chi connectivity index (χ3n) is 3.73. The average Bonchev–Trinajstić information content (AvgIpc) is 2.69. The number of ether oxygens (including phenoxy) is 2. The highest BCUT2D eigenvalue weighted by atomic mass is 16.5. The van der Waals surface area contributed by atoms with Gasteiger partial charge < -0.3 is 9.47 Å². The van der Waals surface area contributed by atoms with Crippen LogP contribution < -0.4 is 0 Å². The van der Waals surface area contributed by atoms with Crippen molar-refractivity contribution in [3.8, 4) is 0 Å². The van der Waals surface area contributed by atoms with Gasteiger partial charge in [0, 0.05) is 13.5 Å². The van der Waals surface area contributed by atoms with E-state index in [1.807, 2.05) is 18.2 Å². The van der Waals surface area contributed by atoms with Crippen molar-refractivity contribution in [2.45, 2.75) is 58.0 Å². The number of hydrogen-bond acceptors (Lipinski definition) is 3. The van der Waals surface area contributed by atoms with E-state index in [0.717, 1.165) is 32.1 Å². The number of methoxy groups -OCH3 is 2. The third-order valence-corrected chi connectivity index (χ3v) is 3.73. The van der Waals surface area contributed by atoms with Gasteiger partial charge in [-0.25, -0.2) is 0 Å². The molecule has 3 heteroatoms. The second kappa shape index (κ2) is 20.2. The van der Waals surface area contributed by atoms with Crippen LogP contribution in [0.3, 0.4) is 0 Å². The van der Waals surface area contributed by atoms with Gasteiger partial charge in [0.2, 0.25) is 0 Å². The largest absolute Gasteiger partial charge is 0.469 e. The van der Waals surface area contributed by atoms with E-state index in [0.29, 0.717) is 12.8 Å². The Morgan fingerprint density at radius 3 is 1.78 bits per heavy atom. The van der Waals surface area contributed by atoms with Gasteiger partial charge >= 0.3 is 5.97 Å². The number of carbonyl (C=O) groups is 1. The average molecular weight is 373 g/mol. The normalized spacial score (nSPS) is 14.0. The Morgan fingerprint density at radius 2 is 1.30 bits per heavy atom. The lowest BCUT2D eigenvalue weighted by Gasteiger charge is -2.08. The molecule has 150 valence electrons. The molecule has 0 bridgehead atoms. The highest BCUT2D eigenvalue weighted by molar-refractivity contribution is 5.69. The zero-order chi connectivity index (χ0) is 20.0. The Bertz CT molecular complexity index is 522. The monoisotopic (exact) mass is 372 g/mol. The minimum absolute atomic E-state index is 0.0638. The lowest BCUT2D eigenvalue weighted by molar-refractivity contribution is -0.141. The third kappa shape index (κ3) is 18.5. The van der Waals surface area contributed by atoms with Gasteiger partial charge in [-0.15, -0.1) is 0 Å². The first kappa shape index (κ1) is 24.9. The van der Waals surface area contributed by atoms with Crippen LogP contribution in [0.5, 0.6) is 0 Å². The number of hydrogen-bond donors (Lipinski definition) is 0. The molecule has 3 nitrogen and oxygen atoms in total. The first-order chi connectivity index (χ1) is 13.2. The van der Waals surface area contributed by atoms with Crippen LogP contribution in [-0.2, 0) is 14.3 Å². The lowest BCUT2D eigenvalue weighted by Crippen LogP contribution is -2.10. The Labute approximate surface area is 165 Å². The van der Waals surface area contributed by atoms with Crippen molar-refractivity contribution < 1.29 is 14.3 Å². The van der Waals surface area contributed by atoms with Crippen LogP contribution in [0.4, 0.5) is 0 Å². The van der Waals surface area contributed by atoms with E-state index in [9.17, 15) is 4.79 Å². The van der Waals surface area contributed by atoms with Crippen molar-refractivity contribution in [2.24, 2.45) is 0 Å². The SMILES string of the molecule is CC/C=C\C/C=C\C/C=C\C/C=C\C/C=C\C=C\C(CCC(=O)OC)OC. The van der Waals surface area contributed by atoms with Crippen LogP contribution >= 0.6 is 0 Å². The maximum absolute atomic E-state index is 11.1. The molecule has 0 saturated carbocycles. The molecule has 0 radical (unpaired) electrons. The van der Waals surface area contributed by atoms with Crippen LogP contribution in [-0.4, -0.2) is 26.3 Å². The zero-order valence-corrected chi connectivity index (χ0v) is 17.2. The fourth-order valence-electron chi connectivity index (χ4n) is 2.15. The maximum atomic E-state index is 11.1. The molecule has 0 heterocycles. The van der Waals surface area contributed by atoms with Crippen molar-refractivity contribution in [1.82, 2.24) is 0 Å². The number of rotatable bonds is 15. The minimum Gasteiger partial charge on any atom is -0.469 e. The molecule has 0 rings (SSSR count). The van der Waals surface area contributed by atoms with E-state index >= 15 is 0 Å². The van der Waals surface area contributed by atoms with Crippen molar-refractivity contribution in [1.29, 1.82) is 0 Å². The van der Waals surface area contributed by atoms with Crippen LogP contribution in [0.25, 0.3) is 0 Å². The predicted octanol–water partition coefficient (Wildman–Crippen LogP) is 6.26. The number of esters is 1. The van der Waals surface area contributed by atoms with Crippen molar-refractivity contribution in [3.05, 3.63) is 72.9 Å².